The van der Waals surface area contributed by atoms with Gasteiger partial charge in [0.25, 0.3) is 11.6 Å². The van der Waals surface area contributed by atoms with Crippen molar-refractivity contribution >= 4 is 22.9 Å². The van der Waals surface area contributed by atoms with Gasteiger partial charge in [0.15, 0.2) is 0 Å². The number of thiophene rings is 1. The van der Waals surface area contributed by atoms with Crippen molar-refractivity contribution in [2.24, 2.45) is 0 Å². The van der Waals surface area contributed by atoms with Crippen LogP contribution in [0.3, 0.4) is 0 Å². The van der Waals surface area contributed by atoms with Gasteiger partial charge in [-0.3, -0.25) is 14.9 Å². The average Bonchev–Trinajstić information content (AvgIpc) is 2.95. The highest BCUT2D eigenvalue weighted by Gasteiger charge is 2.23. The molecule has 0 atom stereocenters. The lowest BCUT2D eigenvalue weighted by Crippen LogP contribution is -2.25. The van der Waals surface area contributed by atoms with Crippen molar-refractivity contribution in [2.45, 2.75) is 27.3 Å². The van der Waals surface area contributed by atoms with E-state index in [-0.39, 0.29) is 11.6 Å². The number of carbonyl (C=O) groups is 1. The van der Waals surface area contributed by atoms with Gasteiger partial charge in [-0.1, -0.05) is 5.16 Å². The highest BCUT2D eigenvalue weighted by molar-refractivity contribution is 7.14. The topological polar surface area (TPSA) is 89.5 Å². The fourth-order valence-electron chi connectivity index (χ4n) is 1.98. The van der Waals surface area contributed by atoms with Crippen LogP contribution in [0.25, 0.3) is 0 Å². The molecule has 0 saturated carbocycles. The van der Waals surface area contributed by atoms with Crippen molar-refractivity contribution in [3.63, 3.8) is 0 Å². The summed E-state index contributed by atoms with van der Waals surface area (Å²) in [5.41, 5.74) is 1.57. The molecule has 0 aliphatic carbocycles. The summed E-state index contributed by atoms with van der Waals surface area (Å²) in [7, 11) is 1.65. The highest BCUT2D eigenvalue weighted by atomic mass is 32.1. The zero-order valence-corrected chi connectivity index (χ0v) is 13.0. The monoisotopic (exact) mass is 309 g/mol. The maximum atomic E-state index is 12.3. The summed E-state index contributed by atoms with van der Waals surface area (Å²) in [5.74, 6) is 0.414. The Balaban J connectivity index is 2.20. The molecule has 0 N–H and O–H groups in total. The average molecular weight is 309 g/mol. The molecule has 7 nitrogen and oxygen atoms in total. The second-order valence-corrected chi connectivity index (χ2v) is 6.03. The van der Waals surface area contributed by atoms with Crippen molar-refractivity contribution in [3.05, 3.63) is 43.0 Å². The quantitative estimate of drug-likeness (QED) is 0.640. The number of hydrogen-bond donors (Lipinski definition) is 0. The molecule has 112 valence electrons. The first kappa shape index (κ1) is 15.2. The van der Waals surface area contributed by atoms with Crippen LogP contribution in [-0.4, -0.2) is 27.9 Å². The van der Waals surface area contributed by atoms with Gasteiger partial charge >= 0.3 is 0 Å². The standard InChI is InChI=1S/C13H15N3O4S/c1-7-10(8(2)20-14-7)6-15(4)13(17)12-5-11(16(18)19)9(3)21-12/h5H,6H2,1-4H3. The number of aryl methyl sites for hydroxylation is 3. The van der Waals surface area contributed by atoms with Crippen LogP contribution in [0.5, 0.6) is 0 Å². The smallest absolute Gasteiger partial charge is 0.283 e. The third-order valence-corrected chi connectivity index (χ3v) is 4.25. The number of amides is 1. The molecule has 21 heavy (non-hydrogen) atoms. The van der Waals surface area contributed by atoms with E-state index in [9.17, 15) is 14.9 Å². The van der Waals surface area contributed by atoms with Crippen LogP contribution in [0, 0.1) is 30.9 Å². The van der Waals surface area contributed by atoms with Gasteiger partial charge < -0.3 is 9.42 Å². The number of aromatic nitrogens is 1. The van der Waals surface area contributed by atoms with E-state index in [1.807, 2.05) is 6.92 Å². The molecule has 0 saturated heterocycles. The number of nitro groups is 1. The molecule has 0 spiro atoms. The first-order chi connectivity index (χ1) is 9.81. The zero-order valence-electron chi connectivity index (χ0n) is 12.2. The first-order valence-corrected chi connectivity index (χ1v) is 7.05. The second-order valence-electron chi connectivity index (χ2n) is 4.77. The van der Waals surface area contributed by atoms with Crippen LogP contribution >= 0.6 is 11.3 Å². The highest BCUT2D eigenvalue weighted by Crippen LogP contribution is 2.29. The van der Waals surface area contributed by atoms with Crippen molar-refractivity contribution in [1.29, 1.82) is 0 Å². The Kier molecular flexibility index (Phi) is 4.08. The van der Waals surface area contributed by atoms with Crippen LogP contribution in [-0.2, 0) is 6.54 Å². The fourth-order valence-corrected chi connectivity index (χ4v) is 2.97. The summed E-state index contributed by atoms with van der Waals surface area (Å²) in [6.45, 7) is 5.58. The fraction of sp³-hybridized carbons (Fsp3) is 0.385. The molecule has 8 heteroatoms. The summed E-state index contributed by atoms with van der Waals surface area (Å²) >= 11 is 1.13. The van der Waals surface area contributed by atoms with E-state index in [0.717, 1.165) is 22.6 Å². The Labute approximate surface area is 125 Å². The lowest BCUT2D eigenvalue weighted by Gasteiger charge is -2.15. The molecule has 0 unspecified atom stereocenters. The van der Waals surface area contributed by atoms with Gasteiger partial charge in [-0.05, 0) is 20.8 Å². The van der Waals surface area contributed by atoms with E-state index in [0.29, 0.717) is 22.1 Å². The van der Waals surface area contributed by atoms with E-state index in [1.165, 1.54) is 11.0 Å². The Bertz CT molecular complexity index is 685. The van der Waals surface area contributed by atoms with Crippen LogP contribution in [0.15, 0.2) is 10.6 Å². The molecule has 2 aromatic rings. The number of rotatable bonds is 4. The molecule has 0 aliphatic rings. The second kappa shape index (κ2) is 5.65. The molecule has 2 heterocycles. The van der Waals surface area contributed by atoms with Crippen LogP contribution in [0.1, 0.15) is 31.6 Å². The van der Waals surface area contributed by atoms with Gasteiger partial charge in [-0.15, -0.1) is 11.3 Å². The number of carbonyl (C=O) groups excluding carboxylic acids is 1. The summed E-state index contributed by atoms with van der Waals surface area (Å²) in [6, 6.07) is 1.33. The first-order valence-electron chi connectivity index (χ1n) is 6.23. The van der Waals surface area contributed by atoms with Gasteiger partial charge in [-0.2, -0.15) is 0 Å². The summed E-state index contributed by atoms with van der Waals surface area (Å²) in [4.78, 5) is 25.1. The van der Waals surface area contributed by atoms with Crippen molar-refractivity contribution in [2.75, 3.05) is 7.05 Å². The molecule has 0 fully saturated rings. The SMILES string of the molecule is Cc1noc(C)c1CN(C)C(=O)c1cc([N+](=O)[O-])c(C)s1. The van der Waals surface area contributed by atoms with Crippen LogP contribution < -0.4 is 0 Å². The Hall–Kier alpha value is -2.22. The molecule has 0 bridgehead atoms. The van der Waals surface area contributed by atoms with Gasteiger partial charge in [0.2, 0.25) is 0 Å². The maximum absolute atomic E-state index is 12.3. The Morgan fingerprint density at radius 2 is 2.14 bits per heavy atom. The van der Waals surface area contributed by atoms with Gasteiger partial charge in [0.05, 0.1) is 26.9 Å². The minimum atomic E-state index is -0.475. The van der Waals surface area contributed by atoms with Crippen LogP contribution in [0.2, 0.25) is 0 Å². The summed E-state index contributed by atoms with van der Waals surface area (Å²) < 4.78 is 5.06. The maximum Gasteiger partial charge on any atom is 0.283 e. The van der Waals surface area contributed by atoms with Gasteiger partial charge in [0.1, 0.15) is 5.76 Å². The minimum Gasteiger partial charge on any atom is -0.361 e. The third-order valence-electron chi connectivity index (χ3n) is 3.22. The molecule has 2 rings (SSSR count). The van der Waals surface area contributed by atoms with Gasteiger partial charge in [0, 0.05) is 18.7 Å². The molecule has 0 aliphatic heterocycles. The number of hydrogen-bond acceptors (Lipinski definition) is 6. The largest absolute Gasteiger partial charge is 0.361 e. The Morgan fingerprint density at radius 3 is 2.62 bits per heavy atom. The molecule has 0 radical (unpaired) electrons. The van der Waals surface area contributed by atoms with E-state index >= 15 is 0 Å². The lowest BCUT2D eigenvalue weighted by molar-refractivity contribution is -0.385. The van der Waals surface area contributed by atoms with E-state index in [2.05, 4.69) is 5.16 Å². The molecule has 2 aromatic heterocycles. The third kappa shape index (κ3) is 2.94. The Morgan fingerprint density at radius 1 is 1.48 bits per heavy atom. The minimum absolute atomic E-state index is 0.0194. The van der Waals surface area contributed by atoms with Crippen LogP contribution in [0.4, 0.5) is 5.69 Å². The predicted molar refractivity (Wildman–Crippen MR) is 77.5 cm³/mol. The lowest BCUT2D eigenvalue weighted by atomic mass is 10.2. The van der Waals surface area contributed by atoms with Crippen molar-refractivity contribution in [1.82, 2.24) is 10.1 Å². The molecule has 0 aromatic carbocycles. The normalized spacial score (nSPS) is 10.7. The van der Waals surface area contributed by atoms with E-state index in [1.54, 1.807) is 20.9 Å². The summed E-state index contributed by atoms with van der Waals surface area (Å²) in [5, 5.41) is 14.7. The van der Waals surface area contributed by atoms with Crippen molar-refractivity contribution in [3.8, 4) is 0 Å². The van der Waals surface area contributed by atoms with Gasteiger partial charge in [-0.25, -0.2) is 0 Å². The molecular formula is C13H15N3O4S. The van der Waals surface area contributed by atoms with E-state index < -0.39 is 4.92 Å². The molecular weight excluding hydrogens is 294 g/mol. The predicted octanol–water partition coefficient (Wildman–Crippen LogP) is 2.84. The number of nitrogens with zero attached hydrogens (tertiary/aromatic N) is 3. The zero-order chi connectivity index (χ0) is 15.7. The van der Waals surface area contributed by atoms with Crippen molar-refractivity contribution < 1.29 is 14.2 Å². The van der Waals surface area contributed by atoms with E-state index in [4.69, 9.17) is 4.52 Å². The summed E-state index contributed by atoms with van der Waals surface area (Å²) in [6.07, 6.45) is 0. The molecule has 1 amide bonds.